The molecule has 4 aromatic rings. The van der Waals surface area contributed by atoms with Gasteiger partial charge in [0.2, 0.25) is 5.91 Å². The number of imidazole rings is 1. The van der Waals surface area contributed by atoms with Gasteiger partial charge in [-0.15, -0.1) is 0 Å². The summed E-state index contributed by atoms with van der Waals surface area (Å²) >= 11 is 0. The van der Waals surface area contributed by atoms with E-state index in [4.69, 9.17) is 4.98 Å². The van der Waals surface area contributed by atoms with Crippen molar-refractivity contribution in [3.05, 3.63) is 82.9 Å². The topological polar surface area (TPSA) is 93.4 Å². The average Bonchev–Trinajstić information content (AvgIpc) is 3.56. The number of hydrogen-bond acceptors (Lipinski definition) is 5. The van der Waals surface area contributed by atoms with E-state index < -0.39 is 15.9 Å². The fourth-order valence-electron chi connectivity index (χ4n) is 5.09. The molecule has 0 radical (unpaired) electrons. The van der Waals surface area contributed by atoms with Gasteiger partial charge in [-0.1, -0.05) is 48.9 Å². The van der Waals surface area contributed by atoms with Gasteiger partial charge in [0.1, 0.15) is 0 Å². The predicted octanol–water partition coefficient (Wildman–Crippen LogP) is 5.20. The SMILES string of the molecule is CCc1nc2c(C)nc(C)cn2c1-c1ccc(C2(CCC(=O)NS(=O)(=O)c3ccc(C)cc3)CC2)cc1. The van der Waals surface area contributed by atoms with Gasteiger partial charge in [-0.2, -0.15) is 0 Å². The first-order valence-electron chi connectivity index (χ1n) is 12.7. The molecule has 0 spiro atoms. The van der Waals surface area contributed by atoms with Crippen LogP contribution in [0.25, 0.3) is 16.9 Å². The third-order valence-electron chi connectivity index (χ3n) is 7.34. The van der Waals surface area contributed by atoms with E-state index in [-0.39, 0.29) is 16.7 Å². The van der Waals surface area contributed by atoms with Gasteiger partial charge in [-0.05, 0) is 69.6 Å². The Kier molecular flexibility index (Phi) is 6.40. The molecule has 1 fully saturated rings. The Morgan fingerprint density at radius 2 is 1.68 bits per heavy atom. The highest BCUT2D eigenvalue weighted by Gasteiger charge is 2.44. The lowest BCUT2D eigenvalue weighted by atomic mass is 9.90. The average molecular weight is 517 g/mol. The van der Waals surface area contributed by atoms with Crippen molar-refractivity contribution in [3.63, 3.8) is 0 Å². The number of aromatic nitrogens is 3. The van der Waals surface area contributed by atoms with Gasteiger partial charge in [-0.3, -0.25) is 14.2 Å². The van der Waals surface area contributed by atoms with Crippen LogP contribution in [0.1, 0.15) is 60.8 Å². The van der Waals surface area contributed by atoms with Crippen molar-refractivity contribution in [1.29, 1.82) is 0 Å². The number of nitrogens with zero attached hydrogens (tertiary/aromatic N) is 3. The number of aryl methyl sites for hydroxylation is 4. The molecular formula is C29H32N4O3S. The van der Waals surface area contributed by atoms with Crippen LogP contribution in [0.15, 0.2) is 59.6 Å². The lowest BCUT2D eigenvalue weighted by molar-refractivity contribution is -0.119. The van der Waals surface area contributed by atoms with E-state index >= 15 is 0 Å². The van der Waals surface area contributed by atoms with E-state index in [9.17, 15) is 13.2 Å². The summed E-state index contributed by atoms with van der Waals surface area (Å²) in [6.45, 7) is 7.97. The molecule has 1 amide bonds. The van der Waals surface area contributed by atoms with E-state index in [0.717, 1.165) is 58.8 Å². The summed E-state index contributed by atoms with van der Waals surface area (Å²) in [4.78, 5) is 22.1. The molecule has 1 saturated carbocycles. The second kappa shape index (κ2) is 9.41. The Balaban J connectivity index is 1.31. The zero-order chi connectivity index (χ0) is 26.4. The lowest BCUT2D eigenvalue weighted by Gasteiger charge is -2.16. The van der Waals surface area contributed by atoms with Gasteiger partial charge < -0.3 is 0 Å². The molecule has 0 saturated heterocycles. The number of benzene rings is 2. The normalized spacial score (nSPS) is 14.6. The van der Waals surface area contributed by atoms with Crippen molar-refractivity contribution >= 4 is 21.6 Å². The van der Waals surface area contributed by atoms with E-state index in [1.165, 1.54) is 17.7 Å². The molecule has 2 heterocycles. The van der Waals surface area contributed by atoms with Crippen molar-refractivity contribution in [2.45, 2.75) is 70.1 Å². The summed E-state index contributed by atoms with van der Waals surface area (Å²) in [5.41, 5.74) is 8.03. The number of fused-ring (bicyclic) bond motifs is 1. The molecule has 1 aliphatic rings. The van der Waals surface area contributed by atoms with Gasteiger partial charge in [0, 0.05) is 18.2 Å². The molecule has 0 bridgehead atoms. The summed E-state index contributed by atoms with van der Waals surface area (Å²) in [5.74, 6) is -0.471. The van der Waals surface area contributed by atoms with Crippen molar-refractivity contribution in [2.24, 2.45) is 0 Å². The molecule has 0 unspecified atom stereocenters. The lowest BCUT2D eigenvalue weighted by Crippen LogP contribution is -2.31. The fraction of sp³-hybridized carbons (Fsp3) is 0.345. The Morgan fingerprint density at radius 1 is 1.00 bits per heavy atom. The molecule has 37 heavy (non-hydrogen) atoms. The number of nitrogens with one attached hydrogen (secondary N) is 1. The fourth-order valence-corrected chi connectivity index (χ4v) is 6.10. The van der Waals surface area contributed by atoms with Gasteiger partial charge in [0.25, 0.3) is 10.0 Å². The highest BCUT2D eigenvalue weighted by Crippen LogP contribution is 2.52. The molecule has 2 aromatic carbocycles. The van der Waals surface area contributed by atoms with Crippen LogP contribution in [0, 0.1) is 20.8 Å². The van der Waals surface area contributed by atoms with Crippen LogP contribution in [0.2, 0.25) is 0 Å². The molecule has 7 nitrogen and oxygen atoms in total. The van der Waals surface area contributed by atoms with Crippen molar-refractivity contribution < 1.29 is 13.2 Å². The summed E-state index contributed by atoms with van der Waals surface area (Å²) in [5, 5.41) is 0. The third kappa shape index (κ3) is 4.90. The maximum absolute atomic E-state index is 12.6. The van der Waals surface area contributed by atoms with Crippen molar-refractivity contribution in [2.75, 3.05) is 0 Å². The molecule has 2 aromatic heterocycles. The third-order valence-corrected chi connectivity index (χ3v) is 8.73. The minimum Gasteiger partial charge on any atom is -0.296 e. The molecule has 1 N–H and O–H groups in total. The van der Waals surface area contributed by atoms with E-state index in [2.05, 4.69) is 45.3 Å². The Labute approximate surface area is 218 Å². The molecule has 8 heteroatoms. The number of amides is 1. The smallest absolute Gasteiger partial charge is 0.264 e. The van der Waals surface area contributed by atoms with Gasteiger partial charge in [-0.25, -0.2) is 18.1 Å². The van der Waals surface area contributed by atoms with Crippen LogP contribution in [-0.2, 0) is 26.7 Å². The minimum atomic E-state index is -3.86. The first-order chi connectivity index (χ1) is 17.6. The first-order valence-corrected chi connectivity index (χ1v) is 14.2. The monoisotopic (exact) mass is 516 g/mol. The summed E-state index contributed by atoms with van der Waals surface area (Å²) < 4.78 is 29.5. The molecule has 1 aliphatic carbocycles. The second-order valence-corrected chi connectivity index (χ2v) is 11.8. The van der Waals surface area contributed by atoms with Crippen molar-refractivity contribution in [3.8, 4) is 11.3 Å². The largest absolute Gasteiger partial charge is 0.296 e. The molecule has 0 aliphatic heterocycles. The molecule has 0 atom stereocenters. The Morgan fingerprint density at radius 3 is 2.30 bits per heavy atom. The number of carbonyl (C=O) groups excluding carboxylic acids is 1. The number of sulfonamides is 1. The Bertz CT molecular complexity index is 1580. The molecule has 5 rings (SSSR count). The Hall–Kier alpha value is -3.52. The number of hydrogen-bond donors (Lipinski definition) is 1. The van der Waals surface area contributed by atoms with Crippen LogP contribution >= 0.6 is 0 Å². The highest BCUT2D eigenvalue weighted by molar-refractivity contribution is 7.90. The number of carbonyl (C=O) groups is 1. The summed E-state index contributed by atoms with van der Waals surface area (Å²) in [7, 11) is -3.86. The predicted molar refractivity (Wildman–Crippen MR) is 144 cm³/mol. The van der Waals surface area contributed by atoms with Crippen LogP contribution in [0.4, 0.5) is 0 Å². The summed E-state index contributed by atoms with van der Waals surface area (Å²) in [6.07, 6.45) is 5.60. The second-order valence-electron chi connectivity index (χ2n) is 10.1. The summed E-state index contributed by atoms with van der Waals surface area (Å²) in [6, 6.07) is 15.0. The number of rotatable bonds is 8. The first kappa shape index (κ1) is 25.1. The van der Waals surface area contributed by atoms with Crippen LogP contribution in [-0.4, -0.2) is 28.7 Å². The minimum absolute atomic E-state index is 0.0757. The van der Waals surface area contributed by atoms with E-state index in [1.54, 1.807) is 12.1 Å². The van der Waals surface area contributed by atoms with Crippen LogP contribution in [0.3, 0.4) is 0 Å². The van der Waals surface area contributed by atoms with E-state index in [1.807, 2.05) is 27.0 Å². The maximum atomic E-state index is 12.6. The zero-order valence-corrected chi connectivity index (χ0v) is 22.5. The molecule has 192 valence electrons. The van der Waals surface area contributed by atoms with E-state index in [0.29, 0.717) is 6.42 Å². The maximum Gasteiger partial charge on any atom is 0.264 e. The van der Waals surface area contributed by atoms with Gasteiger partial charge in [0.15, 0.2) is 5.65 Å². The van der Waals surface area contributed by atoms with Crippen molar-refractivity contribution in [1.82, 2.24) is 19.1 Å². The molecular weight excluding hydrogens is 484 g/mol. The van der Waals surface area contributed by atoms with Gasteiger partial charge in [0.05, 0.1) is 27.7 Å². The highest BCUT2D eigenvalue weighted by atomic mass is 32.2. The standard InChI is InChI=1S/C29H32N4O3S/c1-5-25-27(33-18-20(3)30-21(4)28(33)31-25)22-8-10-23(11-9-22)29(16-17-29)15-14-26(34)32-37(35,36)24-12-6-19(2)7-13-24/h6-13,18H,5,14-17H2,1-4H3,(H,32,34). The quantitative estimate of drug-likeness (QED) is 0.347. The van der Waals surface area contributed by atoms with Gasteiger partial charge >= 0.3 is 0 Å². The van der Waals surface area contributed by atoms with Crippen LogP contribution < -0.4 is 4.72 Å². The zero-order valence-electron chi connectivity index (χ0n) is 21.7. The van der Waals surface area contributed by atoms with Crippen LogP contribution in [0.5, 0.6) is 0 Å².